The molecule has 0 fully saturated rings. The molecule has 0 bridgehead atoms. The van der Waals surface area contributed by atoms with Crippen LogP contribution in [0.1, 0.15) is 5.82 Å². The van der Waals surface area contributed by atoms with Crippen molar-refractivity contribution in [3.05, 3.63) is 40.4 Å². The predicted octanol–water partition coefficient (Wildman–Crippen LogP) is 0.195. The molecule has 0 saturated carbocycles. The van der Waals surface area contributed by atoms with Crippen LogP contribution in [0.3, 0.4) is 0 Å². The van der Waals surface area contributed by atoms with Crippen LogP contribution in [0.2, 0.25) is 0 Å². The summed E-state index contributed by atoms with van der Waals surface area (Å²) < 4.78 is 6.39. The van der Waals surface area contributed by atoms with Gasteiger partial charge in [-0.15, -0.1) is 0 Å². The van der Waals surface area contributed by atoms with E-state index in [1.807, 2.05) is 0 Å². The van der Waals surface area contributed by atoms with Gasteiger partial charge in [0.1, 0.15) is 13.2 Å². The third-order valence-corrected chi connectivity index (χ3v) is 2.68. The second-order valence-corrected chi connectivity index (χ2v) is 4.40. The monoisotopic (exact) mass is 277 g/mol. The lowest BCUT2D eigenvalue weighted by Crippen LogP contribution is -2.39. The van der Waals surface area contributed by atoms with Gasteiger partial charge < -0.3 is 14.9 Å². The maximum absolute atomic E-state index is 12.4. The van der Waals surface area contributed by atoms with Crippen LogP contribution in [0.5, 0.6) is 0 Å². The van der Waals surface area contributed by atoms with Crippen LogP contribution >= 0.6 is 0 Å². The Balaban J connectivity index is 2.48. The SMILES string of the molecule is CN(C)n1c(COCC(=O)O)nc2ccccc2c1=O. The third-order valence-electron chi connectivity index (χ3n) is 2.68. The van der Waals surface area contributed by atoms with Crippen LogP contribution < -0.4 is 10.6 Å². The van der Waals surface area contributed by atoms with Crippen LogP contribution in [-0.2, 0) is 16.1 Å². The van der Waals surface area contributed by atoms with Crippen molar-refractivity contribution in [2.45, 2.75) is 6.61 Å². The first-order valence-corrected chi connectivity index (χ1v) is 5.98. The Kier molecular flexibility index (Phi) is 3.99. The van der Waals surface area contributed by atoms with Crippen molar-refractivity contribution in [1.82, 2.24) is 9.66 Å². The van der Waals surface area contributed by atoms with Gasteiger partial charge in [-0.25, -0.2) is 14.5 Å². The van der Waals surface area contributed by atoms with Gasteiger partial charge in [-0.2, -0.15) is 0 Å². The molecule has 20 heavy (non-hydrogen) atoms. The van der Waals surface area contributed by atoms with Gasteiger partial charge >= 0.3 is 5.97 Å². The molecule has 0 amide bonds. The highest BCUT2D eigenvalue weighted by molar-refractivity contribution is 5.77. The molecule has 2 aromatic rings. The molecule has 106 valence electrons. The number of carboxylic acids is 1. The van der Waals surface area contributed by atoms with Crippen molar-refractivity contribution in [2.24, 2.45) is 0 Å². The Morgan fingerprint density at radius 1 is 1.40 bits per heavy atom. The lowest BCUT2D eigenvalue weighted by molar-refractivity contribution is -0.142. The van der Waals surface area contributed by atoms with Crippen molar-refractivity contribution in [3.8, 4) is 0 Å². The van der Waals surface area contributed by atoms with Gasteiger partial charge in [0.2, 0.25) is 0 Å². The normalized spacial score (nSPS) is 10.7. The van der Waals surface area contributed by atoms with Crippen molar-refractivity contribution in [2.75, 3.05) is 25.7 Å². The molecule has 0 atom stereocenters. The molecule has 0 aliphatic rings. The molecule has 1 aromatic heterocycles. The van der Waals surface area contributed by atoms with E-state index in [0.717, 1.165) is 0 Å². The lowest BCUT2D eigenvalue weighted by atomic mass is 10.2. The first kappa shape index (κ1) is 14.0. The van der Waals surface area contributed by atoms with Gasteiger partial charge in [-0.3, -0.25) is 4.79 Å². The summed E-state index contributed by atoms with van der Waals surface area (Å²) in [4.78, 5) is 27.2. The Morgan fingerprint density at radius 2 is 2.10 bits per heavy atom. The summed E-state index contributed by atoms with van der Waals surface area (Å²) >= 11 is 0. The average Bonchev–Trinajstić information content (AvgIpc) is 2.38. The number of aliphatic carboxylic acids is 1. The smallest absolute Gasteiger partial charge is 0.329 e. The maximum Gasteiger partial charge on any atom is 0.329 e. The standard InChI is InChI=1S/C13H15N3O4/c1-15(2)16-11(7-20-8-12(17)18)14-10-6-4-3-5-9(10)13(16)19/h3-6H,7-8H2,1-2H3,(H,17,18). The molecule has 1 aromatic carbocycles. The van der Waals surface area contributed by atoms with Crippen molar-refractivity contribution < 1.29 is 14.6 Å². The van der Waals surface area contributed by atoms with Crippen molar-refractivity contribution in [3.63, 3.8) is 0 Å². The molecule has 0 aliphatic heterocycles. The van der Waals surface area contributed by atoms with Gasteiger partial charge in [-0.05, 0) is 12.1 Å². The number of fused-ring (bicyclic) bond motifs is 1. The summed E-state index contributed by atoms with van der Waals surface area (Å²) in [5.74, 6) is -0.704. The number of carbonyl (C=O) groups is 1. The second kappa shape index (κ2) is 5.70. The molecule has 0 aliphatic carbocycles. The summed E-state index contributed by atoms with van der Waals surface area (Å²) in [6.07, 6.45) is 0. The van der Waals surface area contributed by atoms with E-state index in [1.165, 1.54) is 4.68 Å². The number of rotatable bonds is 5. The van der Waals surface area contributed by atoms with E-state index in [4.69, 9.17) is 9.84 Å². The fourth-order valence-electron chi connectivity index (χ4n) is 1.91. The Labute approximate surface area is 115 Å². The second-order valence-electron chi connectivity index (χ2n) is 4.40. The maximum atomic E-state index is 12.4. The van der Waals surface area contributed by atoms with E-state index in [-0.39, 0.29) is 12.2 Å². The van der Waals surface area contributed by atoms with E-state index in [0.29, 0.717) is 16.7 Å². The number of ether oxygens (including phenoxy) is 1. The molecule has 0 spiro atoms. The van der Waals surface area contributed by atoms with Crippen LogP contribution in [0.25, 0.3) is 10.9 Å². The zero-order valence-electron chi connectivity index (χ0n) is 11.2. The topological polar surface area (TPSA) is 84.7 Å². The first-order valence-electron chi connectivity index (χ1n) is 5.98. The highest BCUT2D eigenvalue weighted by atomic mass is 16.5. The highest BCUT2D eigenvalue weighted by Gasteiger charge is 2.12. The largest absolute Gasteiger partial charge is 0.480 e. The molecule has 1 heterocycles. The summed E-state index contributed by atoms with van der Waals surface area (Å²) in [6.45, 7) is -0.485. The van der Waals surface area contributed by atoms with E-state index >= 15 is 0 Å². The lowest BCUT2D eigenvalue weighted by Gasteiger charge is -2.20. The number of carboxylic acid groups (broad SMARTS) is 1. The van der Waals surface area contributed by atoms with E-state index in [9.17, 15) is 9.59 Å². The van der Waals surface area contributed by atoms with Crippen molar-refractivity contribution >= 4 is 16.9 Å². The fourth-order valence-corrected chi connectivity index (χ4v) is 1.91. The summed E-state index contributed by atoms with van der Waals surface area (Å²) in [7, 11) is 3.41. The van der Waals surface area contributed by atoms with Crippen LogP contribution in [0.4, 0.5) is 0 Å². The molecular formula is C13H15N3O4. The fraction of sp³-hybridized carbons (Fsp3) is 0.308. The molecule has 7 heteroatoms. The van der Waals surface area contributed by atoms with Crippen LogP contribution in [0.15, 0.2) is 29.1 Å². The first-order chi connectivity index (χ1) is 9.50. The van der Waals surface area contributed by atoms with Crippen molar-refractivity contribution in [1.29, 1.82) is 0 Å². The summed E-state index contributed by atoms with van der Waals surface area (Å²) in [6, 6.07) is 6.99. The molecule has 2 rings (SSSR count). The summed E-state index contributed by atoms with van der Waals surface area (Å²) in [5.41, 5.74) is 0.346. The Hall–Kier alpha value is -2.41. The van der Waals surface area contributed by atoms with Gasteiger partial charge in [-0.1, -0.05) is 12.1 Å². The summed E-state index contributed by atoms with van der Waals surface area (Å²) in [5, 5.41) is 10.7. The minimum Gasteiger partial charge on any atom is -0.480 e. The number of aromatic nitrogens is 2. The van der Waals surface area contributed by atoms with E-state index in [2.05, 4.69) is 4.98 Å². The van der Waals surface area contributed by atoms with Gasteiger partial charge in [0, 0.05) is 14.1 Å². The zero-order chi connectivity index (χ0) is 14.7. The molecule has 1 N–H and O–H groups in total. The number of benzene rings is 1. The molecule has 0 unspecified atom stereocenters. The predicted molar refractivity (Wildman–Crippen MR) is 73.4 cm³/mol. The number of hydrogen-bond acceptors (Lipinski definition) is 5. The van der Waals surface area contributed by atoms with Crippen LogP contribution in [-0.4, -0.2) is 41.4 Å². The van der Waals surface area contributed by atoms with E-state index in [1.54, 1.807) is 43.4 Å². The number of hydrogen-bond donors (Lipinski definition) is 1. The van der Waals surface area contributed by atoms with Gasteiger partial charge in [0.25, 0.3) is 5.56 Å². The molecule has 7 nitrogen and oxygen atoms in total. The Bertz CT molecular complexity index is 694. The molecule has 0 saturated heterocycles. The molecule has 0 radical (unpaired) electrons. The minimum atomic E-state index is -1.07. The average molecular weight is 277 g/mol. The number of nitrogens with zero attached hydrogens (tertiary/aromatic N) is 3. The van der Waals surface area contributed by atoms with Gasteiger partial charge in [0.05, 0.1) is 10.9 Å². The minimum absolute atomic E-state index is 0.0510. The van der Waals surface area contributed by atoms with E-state index < -0.39 is 12.6 Å². The van der Waals surface area contributed by atoms with Crippen LogP contribution in [0, 0.1) is 0 Å². The number of para-hydroxylation sites is 1. The Morgan fingerprint density at radius 3 is 2.75 bits per heavy atom. The van der Waals surface area contributed by atoms with Gasteiger partial charge in [0.15, 0.2) is 5.82 Å². The molecular weight excluding hydrogens is 262 g/mol. The zero-order valence-corrected chi connectivity index (χ0v) is 11.2. The highest BCUT2D eigenvalue weighted by Crippen LogP contribution is 2.08. The third kappa shape index (κ3) is 2.77. The quantitative estimate of drug-likeness (QED) is 0.840.